The average Bonchev–Trinajstić information content (AvgIpc) is 3.55. The lowest BCUT2D eigenvalue weighted by Gasteiger charge is -2.31. The smallest absolute Gasteiger partial charge is 0.405 e. The van der Waals surface area contributed by atoms with Crippen LogP contribution in [0.25, 0.3) is 31.8 Å². The lowest BCUT2D eigenvalue weighted by Crippen LogP contribution is -2.38. The second-order valence-corrected chi connectivity index (χ2v) is 11.7. The number of hydrogen-bond donors (Lipinski definition) is 3. The molecule has 0 saturated carbocycles. The van der Waals surface area contributed by atoms with Crippen LogP contribution < -0.4 is 16.4 Å². The van der Waals surface area contributed by atoms with Gasteiger partial charge in [0.2, 0.25) is 11.9 Å². The monoisotopic (exact) mass is 595 g/mol. The second-order valence-electron chi connectivity index (χ2n) is 10.7. The summed E-state index contributed by atoms with van der Waals surface area (Å²) in [6, 6.07) is 8.75. The molecule has 4 N–H and O–H groups in total. The van der Waals surface area contributed by atoms with E-state index >= 15 is 0 Å². The van der Waals surface area contributed by atoms with Crippen LogP contribution in [0.5, 0.6) is 0 Å². The summed E-state index contributed by atoms with van der Waals surface area (Å²) < 4.78 is 35.6. The van der Waals surface area contributed by atoms with Crippen LogP contribution in [0.4, 0.5) is 24.3 Å². The predicted molar refractivity (Wildman–Crippen MR) is 157 cm³/mol. The summed E-state index contributed by atoms with van der Waals surface area (Å²) in [4.78, 5) is 37.8. The Hall–Kier alpha value is -4.39. The second kappa shape index (κ2) is 11.8. The van der Waals surface area contributed by atoms with Gasteiger partial charge in [0.15, 0.2) is 5.82 Å². The standard InChI is InChI=1S/C29H31F2N7O3S/c1-16(29(2,3)41-26(32)39)11-18-14-35-23(31)13-20(18)19-6-4-5-17-12-22(42-25(17)19)24-21(30)15-36-27(37-24)33-7-9-38-10-8-34-28(38)40/h4-6,12-16H,7-11H2,1-3H3,(H2,32,39)(H,34,40)(H,33,36,37). The normalized spacial score (nSPS) is 14.2. The Morgan fingerprint density at radius 2 is 2.05 bits per heavy atom. The fraction of sp³-hybridized carbons (Fsp3) is 0.345. The number of amides is 3. The number of pyridine rings is 1. The molecule has 4 aromatic rings. The summed E-state index contributed by atoms with van der Waals surface area (Å²) in [5, 5.41) is 6.65. The van der Waals surface area contributed by atoms with Gasteiger partial charge in [0.25, 0.3) is 0 Å². The number of carbonyl (C=O) groups excluding carboxylic acids is 2. The molecular weight excluding hydrogens is 564 g/mol. The Morgan fingerprint density at radius 3 is 2.79 bits per heavy atom. The zero-order chi connectivity index (χ0) is 30.0. The topological polar surface area (TPSA) is 135 Å². The van der Waals surface area contributed by atoms with Crippen LogP contribution in [0.1, 0.15) is 26.3 Å². The number of anilines is 1. The van der Waals surface area contributed by atoms with Crippen LogP contribution in [-0.4, -0.2) is 63.8 Å². The molecule has 220 valence electrons. The molecule has 3 amide bonds. The molecule has 10 nitrogen and oxygen atoms in total. The van der Waals surface area contributed by atoms with Crippen molar-refractivity contribution in [3.63, 3.8) is 0 Å². The van der Waals surface area contributed by atoms with Gasteiger partial charge in [-0.05, 0) is 54.3 Å². The molecule has 1 aliphatic heterocycles. The van der Waals surface area contributed by atoms with Crippen LogP contribution in [0.2, 0.25) is 0 Å². The molecule has 1 atom stereocenters. The quantitative estimate of drug-likeness (QED) is 0.215. The lowest BCUT2D eigenvalue weighted by molar-refractivity contribution is 0.00479. The van der Waals surface area contributed by atoms with E-state index in [2.05, 4.69) is 25.6 Å². The van der Waals surface area contributed by atoms with E-state index in [1.54, 1.807) is 18.7 Å². The maximum absolute atomic E-state index is 15.0. The molecule has 1 fully saturated rings. The summed E-state index contributed by atoms with van der Waals surface area (Å²) in [6.45, 7) is 7.57. The molecule has 42 heavy (non-hydrogen) atoms. The van der Waals surface area contributed by atoms with E-state index < -0.39 is 23.5 Å². The van der Waals surface area contributed by atoms with Crippen LogP contribution in [0.15, 0.2) is 42.7 Å². The van der Waals surface area contributed by atoms with E-state index in [1.807, 2.05) is 31.2 Å². The summed E-state index contributed by atoms with van der Waals surface area (Å²) in [7, 11) is 0. The molecule has 3 aromatic heterocycles. The Bertz CT molecular complexity index is 1650. The van der Waals surface area contributed by atoms with Gasteiger partial charge in [-0.3, -0.25) is 0 Å². The summed E-state index contributed by atoms with van der Waals surface area (Å²) in [6.07, 6.45) is 2.18. The first kappa shape index (κ1) is 29.1. The average molecular weight is 596 g/mol. The van der Waals surface area contributed by atoms with Crippen molar-refractivity contribution in [2.75, 3.05) is 31.5 Å². The van der Waals surface area contributed by atoms with Crippen LogP contribution in [0, 0.1) is 17.7 Å². The number of primary amides is 1. The molecule has 13 heteroatoms. The molecule has 4 heterocycles. The number of nitrogens with two attached hydrogens (primary N) is 1. The molecule has 1 saturated heterocycles. The van der Waals surface area contributed by atoms with E-state index in [4.69, 9.17) is 10.5 Å². The van der Waals surface area contributed by atoms with Gasteiger partial charge in [0.05, 0.1) is 11.1 Å². The number of nitrogens with one attached hydrogen (secondary N) is 2. The third-order valence-corrected chi connectivity index (χ3v) is 8.64. The first-order valence-corrected chi connectivity index (χ1v) is 14.3. The highest BCUT2D eigenvalue weighted by atomic mass is 32.1. The Balaban J connectivity index is 1.45. The van der Waals surface area contributed by atoms with Crippen molar-refractivity contribution in [2.24, 2.45) is 11.7 Å². The van der Waals surface area contributed by atoms with Gasteiger partial charge in [-0.15, -0.1) is 11.3 Å². The number of fused-ring (bicyclic) bond motifs is 1. The SMILES string of the molecule is CC(Cc1cnc(F)cc1-c1cccc2cc(-c3nc(NCCN4CCNC4=O)ncc3F)sc12)C(C)(C)OC(N)=O. The zero-order valence-corrected chi connectivity index (χ0v) is 24.2. The van der Waals surface area contributed by atoms with Gasteiger partial charge in [-0.25, -0.2) is 28.9 Å². The predicted octanol–water partition coefficient (Wildman–Crippen LogP) is 5.19. The minimum Gasteiger partial charge on any atom is -0.443 e. The Kier molecular flexibility index (Phi) is 8.21. The molecule has 1 aromatic carbocycles. The van der Waals surface area contributed by atoms with Crippen molar-refractivity contribution in [1.29, 1.82) is 0 Å². The first-order valence-electron chi connectivity index (χ1n) is 13.5. The highest BCUT2D eigenvalue weighted by Gasteiger charge is 2.30. The number of carbonyl (C=O) groups is 2. The molecule has 1 unspecified atom stereocenters. The van der Waals surface area contributed by atoms with E-state index in [0.717, 1.165) is 27.4 Å². The van der Waals surface area contributed by atoms with Crippen LogP contribution in [0.3, 0.4) is 0 Å². The Labute approximate surface area is 245 Å². The van der Waals surface area contributed by atoms with Gasteiger partial charge < -0.3 is 26.0 Å². The van der Waals surface area contributed by atoms with E-state index in [1.165, 1.54) is 23.6 Å². The largest absolute Gasteiger partial charge is 0.443 e. The van der Waals surface area contributed by atoms with Crippen molar-refractivity contribution in [2.45, 2.75) is 32.8 Å². The molecule has 0 spiro atoms. The van der Waals surface area contributed by atoms with Crippen molar-refractivity contribution in [3.8, 4) is 21.7 Å². The van der Waals surface area contributed by atoms with Gasteiger partial charge in [-0.2, -0.15) is 4.39 Å². The van der Waals surface area contributed by atoms with Crippen LogP contribution >= 0.6 is 11.3 Å². The maximum atomic E-state index is 15.0. The summed E-state index contributed by atoms with van der Waals surface area (Å²) in [5.74, 6) is -1.13. The number of thiophene rings is 1. The number of ether oxygens (including phenoxy) is 1. The van der Waals surface area contributed by atoms with Gasteiger partial charge in [0, 0.05) is 43.1 Å². The number of hydrogen-bond acceptors (Lipinski definition) is 8. The third-order valence-electron chi connectivity index (χ3n) is 7.45. The van der Waals surface area contributed by atoms with E-state index in [9.17, 15) is 18.4 Å². The molecule has 0 radical (unpaired) electrons. The van der Waals surface area contributed by atoms with E-state index in [0.29, 0.717) is 43.0 Å². The third kappa shape index (κ3) is 6.25. The molecule has 5 rings (SSSR count). The Morgan fingerprint density at radius 1 is 1.24 bits per heavy atom. The lowest BCUT2D eigenvalue weighted by atomic mass is 9.85. The van der Waals surface area contributed by atoms with Crippen molar-refractivity contribution in [3.05, 3.63) is 60.1 Å². The van der Waals surface area contributed by atoms with Crippen molar-refractivity contribution < 1.29 is 23.1 Å². The van der Waals surface area contributed by atoms with E-state index in [-0.39, 0.29) is 23.6 Å². The van der Waals surface area contributed by atoms with Crippen molar-refractivity contribution in [1.82, 2.24) is 25.2 Å². The minimum atomic E-state index is -0.866. The summed E-state index contributed by atoms with van der Waals surface area (Å²) >= 11 is 1.34. The highest BCUT2D eigenvalue weighted by Crippen LogP contribution is 2.41. The van der Waals surface area contributed by atoms with Gasteiger partial charge >= 0.3 is 12.1 Å². The van der Waals surface area contributed by atoms with Crippen LogP contribution in [-0.2, 0) is 11.2 Å². The highest BCUT2D eigenvalue weighted by molar-refractivity contribution is 7.22. The zero-order valence-electron chi connectivity index (χ0n) is 23.4. The van der Waals surface area contributed by atoms with Gasteiger partial charge in [0.1, 0.15) is 11.3 Å². The maximum Gasteiger partial charge on any atom is 0.405 e. The number of nitrogens with zero attached hydrogens (tertiary/aromatic N) is 4. The molecular formula is C29H31F2N7O3S. The summed E-state index contributed by atoms with van der Waals surface area (Å²) in [5.41, 5.74) is 6.70. The fourth-order valence-corrected chi connectivity index (χ4v) is 6.03. The molecule has 0 bridgehead atoms. The molecule has 1 aliphatic rings. The molecule has 0 aliphatic carbocycles. The number of urea groups is 1. The van der Waals surface area contributed by atoms with Crippen molar-refractivity contribution >= 4 is 39.5 Å². The fourth-order valence-electron chi connectivity index (χ4n) is 4.85. The minimum absolute atomic E-state index is 0.118. The number of aromatic nitrogens is 3. The number of rotatable bonds is 10. The number of halogens is 2. The first-order chi connectivity index (χ1) is 20.0. The number of benzene rings is 1. The van der Waals surface area contributed by atoms with Gasteiger partial charge in [-0.1, -0.05) is 25.1 Å².